The Morgan fingerprint density at radius 3 is 2.85 bits per heavy atom. The van der Waals surface area contributed by atoms with Crippen molar-refractivity contribution in [2.75, 3.05) is 19.0 Å². The van der Waals surface area contributed by atoms with E-state index in [4.69, 9.17) is 9.26 Å². The molecule has 7 heteroatoms. The van der Waals surface area contributed by atoms with Gasteiger partial charge in [0.2, 0.25) is 0 Å². The molecule has 2 aromatic heterocycles. The average molecular weight is 352 g/mol. The van der Waals surface area contributed by atoms with Crippen molar-refractivity contribution in [3.8, 4) is 5.75 Å². The molecule has 134 valence electrons. The maximum Gasteiger partial charge on any atom is 0.251 e. The highest BCUT2D eigenvalue weighted by molar-refractivity contribution is 5.94. The Hall–Kier alpha value is -3.35. The van der Waals surface area contributed by atoms with Crippen LogP contribution in [0, 0.1) is 6.92 Å². The van der Waals surface area contributed by atoms with Crippen LogP contribution in [0.3, 0.4) is 0 Å². The lowest BCUT2D eigenvalue weighted by Crippen LogP contribution is -2.25. The Labute approximate surface area is 151 Å². The van der Waals surface area contributed by atoms with Gasteiger partial charge in [-0.05, 0) is 43.2 Å². The number of anilines is 2. The number of rotatable bonds is 7. The zero-order chi connectivity index (χ0) is 18.4. The Kier molecular flexibility index (Phi) is 5.48. The van der Waals surface area contributed by atoms with Crippen molar-refractivity contribution in [1.82, 2.24) is 15.5 Å². The lowest BCUT2D eigenvalue weighted by molar-refractivity contribution is 0.0954. The number of methoxy groups -OCH3 is 1. The molecule has 26 heavy (non-hydrogen) atoms. The number of amides is 1. The molecular formula is C19H20N4O3. The highest BCUT2D eigenvalue weighted by Gasteiger charge is 2.08. The molecule has 1 amide bonds. The van der Waals surface area contributed by atoms with E-state index in [9.17, 15) is 4.79 Å². The molecule has 0 bridgehead atoms. The van der Waals surface area contributed by atoms with Crippen LogP contribution in [0.1, 0.15) is 21.7 Å². The minimum absolute atomic E-state index is 0.158. The Morgan fingerprint density at radius 1 is 1.19 bits per heavy atom. The third kappa shape index (κ3) is 4.60. The van der Waals surface area contributed by atoms with Crippen LogP contribution >= 0.6 is 0 Å². The van der Waals surface area contributed by atoms with Crippen molar-refractivity contribution in [1.29, 1.82) is 0 Å². The van der Waals surface area contributed by atoms with Gasteiger partial charge in [-0.2, -0.15) is 0 Å². The largest absolute Gasteiger partial charge is 0.497 e. The number of aryl methyl sites for hydroxylation is 1. The zero-order valence-corrected chi connectivity index (χ0v) is 14.7. The van der Waals surface area contributed by atoms with Crippen LogP contribution in [0.2, 0.25) is 0 Å². The van der Waals surface area contributed by atoms with E-state index in [0.717, 1.165) is 17.7 Å². The van der Waals surface area contributed by atoms with Crippen molar-refractivity contribution in [2.45, 2.75) is 13.3 Å². The number of nitrogens with one attached hydrogen (secondary N) is 2. The normalized spacial score (nSPS) is 10.4. The summed E-state index contributed by atoms with van der Waals surface area (Å²) in [7, 11) is 1.64. The topological polar surface area (TPSA) is 89.3 Å². The quantitative estimate of drug-likeness (QED) is 0.679. The van der Waals surface area contributed by atoms with Gasteiger partial charge in [-0.1, -0.05) is 17.3 Å². The van der Waals surface area contributed by atoms with Crippen LogP contribution in [-0.4, -0.2) is 29.7 Å². The van der Waals surface area contributed by atoms with Crippen LogP contribution in [0.25, 0.3) is 0 Å². The van der Waals surface area contributed by atoms with Gasteiger partial charge >= 0.3 is 0 Å². The van der Waals surface area contributed by atoms with Gasteiger partial charge in [0, 0.05) is 24.4 Å². The van der Waals surface area contributed by atoms with E-state index in [1.165, 1.54) is 0 Å². The van der Waals surface area contributed by atoms with E-state index >= 15 is 0 Å². The number of pyridine rings is 1. The molecule has 3 rings (SSSR count). The molecule has 0 saturated carbocycles. The molecule has 0 aliphatic heterocycles. The van der Waals surface area contributed by atoms with Gasteiger partial charge in [0.05, 0.1) is 7.11 Å². The molecular weight excluding hydrogens is 332 g/mol. The number of carbonyl (C=O) groups excluding carboxylic acids is 1. The summed E-state index contributed by atoms with van der Waals surface area (Å²) in [5, 5.41) is 9.76. The molecule has 0 aliphatic rings. The van der Waals surface area contributed by atoms with Gasteiger partial charge in [-0.25, -0.2) is 4.98 Å². The van der Waals surface area contributed by atoms with E-state index in [1.807, 2.05) is 24.3 Å². The molecule has 2 heterocycles. The predicted molar refractivity (Wildman–Crippen MR) is 97.8 cm³/mol. The molecule has 2 N–H and O–H groups in total. The fourth-order valence-electron chi connectivity index (χ4n) is 2.45. The van der Waals surface area contributed by atoms with Gasteiger partial charge in [0.1, 0.15) is 17.3 Å². The summed E-state index contributed by atoms with van der Waals surface area (Å²) in [6.45, 7) is 2.33. The van der Waals surface area contributed by atoms with Crippen LogP contribution in [0.4, 0.5) is 11.6 Å². The average Bonchev–Trinajstić information content (AvgIpc) is 3.06. The lowest BCUT2D eigenvalue weighted by atomic mass is 10.1. The fraction of sp³-hybridized carbons (Fsp3) is 0.211. The second-order valence-corrected chi connectivity index (χ2v) is 5.73. The number of aromatic nitrogens is 2. The number of hydrogen-bond donors (Lipinski definition) is 2. The summed E-state index contributed by atoms with van der Waals surface area (Å²) in [4.78, 5) is 16.5. The predicted octanol–water partition coefficient (Wildman–Crippen LogP) is 3.10. The molecule has 0 aliphatic carbocycles. The smallest absolute Gasteiger partial charge is 0.251 e. The number of nitrogens with zero attached hydrogens (tertiary/aromatic N) is 2. The Morgan fingerprint density at radius 2 is 2.08 bits per heavy atom. The first-order valence-electron chi connectivity index (χ1n) is 8.21. The van der Waals surface area contributed by atoms with Gasteiger partial charge in [0.15, 0.2) is 5.82 Å². The minimum Gasteiger partial charge on any atom is -0.497 e. The fourth-order valence-corrected chi connectivity index (χ4v) is 2.45. The van der Waals surface area contributed by atoms with E-state index in [-0.39, 0.29) is 5.91 Å². The summed E-state index contributed by atoms with van der Waals surface area (Å²) in [5.74, 6) is 2.42. The standard InChI is InChI=1S/C19H20N4O3/c1-13-10-18(23-26-13)22-17-12-15(7-9-20-17)19(24)21-8-6-14-4-3-5-16(11-14)25-2/h3-5,7,9-12H,6,8H2,1-2H3,(H,21,24)(H,20,22,23). The highest BCUT2D eigenvalue weighted by Crippen LogP contribution is 2.15. The van der Waals surface area contributed by atoms with Gasteiger partial charge in [0.25, 0.3) is 5.91 Å². The van der Waals surface area contributed by atoms with Crippen molar-refractivity contribution >= 4 is 17.5 Å². The van der Waals surface area contributed by atoms with Gasteiger partial charge < -0.3 is 19.9 Å². The SMILES string of the molecule is COc1cccc(CCNC(=O)c2ccnc(Nc3cc(C)on3)c2)c1. The van der Waals surface area contributed by atoms with Gasteiger partial charge in [-0.15, -0.1) is 0 Å². The first-order chi connectivity index (χ1) is 12.6. The summed E-state index contributed by atoms with van der Waals surface area (Å²) < 4.78 is 10.2. The lowest BCUT2D eigenvalue weighted by Gasteiger charge is -2.08. The number of benzene rings is 1. The maximum atomic E-state index is 12.3. The zero-order valence-electron chi connectivity index (χ0n) is 14.7. The number of carbonyl (C=O) groups is 1. The summed E-state index contributed by atoms with van der Waals surface area (Å²) in [5.41, 5.74) is 1.62. The van der Waals surface area contributed by atoms with Gasteiger partial charge in [-0.3, -0.25) is 4.79 Å². The van der Waals surface area contributed by atoms with Crippen LogP contribution in [-0.2, 0) is 6.42 Å². The molecule has 0 fully saturated rings. The summed E-state index contributed by atoms with van der Waals surface area (Å²) >= 11 is 0. The van der Waals surface area contributed by atoms with Crippen molar-refractivity contribution in [3.63, 3.8) is 0 Å². The van der Waals surface area contributed by atoms with Crippen molar-refractivity contribution in [2.24, 2.45) is 0 Å². The molecule has 7 nitrogen and oxygen atoms in total. The third-order valence-electron chi connectivity index (χ3n) is 3.74. The van der Waals surface area contributed by atoms with Crippen LogP contribution in [0.5, 0.6) is 5.75 Å². The van der Waals surface area contributed by atoms with Crippen molar-refractivity contribution in [3.05, 3.63) is 65.5 Å². The maximum absolute atomic E-state index is 12.3. The van der Waals surface area contributed by atoms with E-state index in [2.05, 4.69) is 20.8 Å². The first kappa shape index (κ1) is 17.5. The van der Waals surface area contributed by atoms with E-state index < -0.39 is 0 Å². The van der Waals surface area contributed by atoms with E-state index in [1.54, 1.807) is 38.4 Å². The van der Waals surface area contributed by atoms with E-state index in [0.29, 0.717) is 29.5 Å². The Balaban J connectivity index is 1.56. The summed E-state index contributed by atoms with van der Waals surface area (Å²) in [6, 6.07) is 12.9. The molecule has 0 atom stereocenters. The molecule has 0 saturated heterocycles. The second kappa shape index (κ2) is 8.15. The number of ether oxygens (including phenoxy) is 1. The molecule has 0 unspecified atom stereocenters. The Bertz CT molecular complexity index is 892. The first-order valence-corrected chi connectivity index (χ1v) is 8.21. The van der Waals surface area contributed by atoms with Crippen molar-refractivity contribution < 1.29 is 14.1 Å². The number of hydrogen-bond acceptors (Lipinski definition) is 6. The third-order valence-corrected chi connectivity index (χ3v) is 3.74. The minimum atomic E-state index is -0.158. The highest BCUT2D eigenvalue weighted by atomic mass is 16.5. The summed E-state index contributed by atoms with van der Waals surface area (Å²) in [6.07, 6.45) is 2.30. The second-order valence-electron chi connectivity index (χ2n) is 5.73. The molecule has 0 spiro atoms. The van der Waals surface area contributed by atoms with Crippen LogP contribution in [0.15, 0.2) is 53.2 Å². The molecule has 3 aromatic rings. The monoisotopic (exact) mass is 352 g/mol. The molecule has 1 aromatic carbocycles. The molecule has 0 radical (unpaired) electrons. The van der Waals surface area contributed by atoms with Crippen LogP contribution < -0.4 is 15.4 Å².